The number of rotatable bonds is 1. The van der Waals surface area contributed by atoms with Crippen LogP contribution in [-0.4, -0.2) is 4.98 Å². The monoisotopic (exact) mass is 283 g/mol. The molecule has 0 aliphatic carbocycles. The van der Waals surface area contributed by atoms with Gasteiger partial charge in [-0.3, -0.25) is 10.2 Å². The zero-order valence-corrected chi connectivity index (χ0v) is 11.3. The van der Waals surface area contributed by atoms with Crippen molar-refractivity contribution in [2.45, 2.75) is 6.92 Å². The van der Waals surface area contributed by atoms with E-state index in [-0.39, 0.29) is 16.7 Å². The average molecular weight is 283 g/mol. The first-order valence-corrected chi connectivity index (χ1v) is 6.69. The van der Waals surface area contributed by atoms with Crippen LogP contribution in [0.5, 0.6) is 0 Å². The van der Waals surface area contributed by atoms with Gasteiger partial charge in [-0.2, -0.15) is 5.26 Å². The lowest BCUT2D eigenvalue weighted by Gasteiger charge is -2.06. The van der Waals surface area contributed by atoms with Gasteiger partial charge >= 0.3 is 0 Å². The molecule has 0 aliphatic rings. The highest BCUT2D eigenvalue weighted by atomic mass is 32.1. The van der Waals surface area contributed by atoms with E-state index in [1.807, 2.05) is 23.6 Å². The number of nitriles is 1. The summed E-state index contributed by atoms with van der Waals surface area (Å²) in [5.74, 6) is 0. The largest absolute Gasteiger partial charge is 0.437 e. The molecule has 0 saturated carbocycles. The van der Waals surface area contributed by atoms with Gasteiger partial charge in [0, 0.05) is 22.2 Å². The number of thiophene rings is 1. The smallest absolute Gasteiger partial charge is 0.259 e. The number of hydrogen-bond acceptors (Lipinski definition) is 5. The van der Waals surface area contributed by atoms with Crippen LogP contribution in [0.4, 0.5) is 0 Å². The van der Waals surface area contributed by atoms with Gasteiger partial charge in [-0.25, -0.2) is 0 Å². The molecule has 3 heterocycles. The molecule has 20 heavy (non-hydrogen) atoms. The van der Waals surface area contributed by atoms with E-state index in [1.165, 1.54) is 11.3 Å². The third-order valence-electron chi connectivity index (χ3n) is 2.95. The van der Waals surface area contributed by atoms with Crippen molar-refractivity contribution in [3.05, 3.63) is 50.7 Å². The zero-order valence-electron chi connectivity index (χ0n) is 10.5. The van der Waals surface area contributed by atoms with Crippen molar-refractivity contribution < 1.29 is 4.42 Å². The lowest BCUT2D eigenvalue weighted by atomic mass is 10.0. The molecule has 98 valence electrons. The van der Waals surface area contributed by atoms with Gasteiger partial charge < -0.3 is 9.40 Å². The second-order valence-electron chi connectivity index (χ2n) is 4.29. The van der Waals surface area contributed by atoms with Crippen molar-refractivity contribution in [3.8, 4) is 16.5 Å². The van der Waals surface area contributed by atoms with Crippen LogP contribution >= 0.6 is 11.3 Å². The summed E-state index contributed by atoms with van der Waals surface area (Å²) in [5.41, 5.74) is 0.965. The predicted molar refractivity (Wildman–Crippen MR) is 75.5 cm³/mol. The van der Waals surface area contributed by atoms with E-state index in [2.05, 4.69) is 4.98 Å². The first-order valence-electron chi connectivity index (χ1n) is 5.81. The third-order valence-corrected chi connectivity index (χ3v) is 3.84. The van der Waals surface area contributed by atoms with Crippen LogP contribution in [0.25, 0.3) is 21.4 Å². The molecule has 0 unspecified atom stereocenters. The Morgan fingerprint density at radius 2 is 2.30 bits per heavy atom. The fraction of sp³-hybridized carbons (Fsp3) is 0.0714. The summed E-state index contributed by atoms with van der Waals surface area (Å²) in [6, 6.07) is 7.27. The summed E-state index contributed by atoms with van der Waals surface area (Å²) in [5, 5.41) is 19.3. The Kier molecular flexibility index (Phi) is 2.77. The molecule has 0 fully saturated rings. The van der Waals surface area contributed by atoms with Gasteiger partial charge in [-0.1, -0.05) is 6.07 Å². The summed E-state index contributed by atoms with van der Waals surface area (Å²) in [7, 11) is 0. The maximum Gasteiger partial charge on any atom is 0.259 e. The van der Waals surface area contributed by atoms with Crippen molar-refractivity contribution in [2.24, 2.45) is 0 Å². The molecule has 6 heteroatoms. The van der Waals surface area contributed by atoms with Crippen molar-refractivity contribution in [1.29, 1.82) is 10.7 Å². The van der Waals surface area contributed by atoms with Crippen LogP contribution in [0.3, 0.4) is 0 Å². The third kappa shape index (κ3) is 1.76. The highest BCUT2D eigenvalue weighted by molar-refractivity contribution is 7.13. The van der Waals surface area contributed by atoms with Crippen LogP contribution in [0.1, 0.15) is 11.3 Å². The molecule has 5 nitrogen and oxygen atoms in total. The fourth-order valence-electron chi connectivity index (χ4n) is 2.15. The second-order valence-corrected chi connectivity index (χ2v) is 5.24. The van der Waals surface area contributed by atoms with E-state index in [0.717, 1.165) is 4.88 Å². The van der Waals surface area contributed by atoms with Gasteiger partial charge in [0.1, 0.15) is 17.2 Å². The number of H-pyrrole nitrogens is 1. The highest BCUT2D eigenvalue weighted by Gasteiger charge is 2.18. The van der Waals surface area contributed by atoms with Gasteiger partial charge in [0.2, 0.25) is 5.55 Å². The van der Waals surface area contributed by atoms with Crippen molar-refractivity contribution in [3.63, 3.8) is 0 Å². The summed E-state index contributed by atoms with van der Waals surface area (Å²) in [4.78, 5) is 15.7. The Balaban J connectivity index is 2.63. The van der Waals surface area contributed by atoms with E-state index < -0.39 is 0 Å². The SMILES string of the molecule is Cc1cc2oc(=N)c(C#N)c(-c3cccs3)c2c(=O)[nH]1. The van der Waals surface area contributed by atoms with E-state index in [4.69, 9.17) is 9.83 Å². The molecule has 0 aromatic carbocycles. The molecule has 0 spiro atoms. The predicted octanol–water partition coefficient (Wildman–Crippen LogP) is 2.51. The van der Waals surface area contributed by atoms with Crippen LogP contribution in [0.2, 0.25) is 0 Å². The van der Waals surface area contributed by atoms with Crippen molar-refractivity contribution in [1.82, 2.24) is 4.98 Å². The Morgan fingerprint density at radius 1 is 1.50 bits per heavy atom. The molecule has 3 aromatic rings. The summed E-state index contributed by atoms with van der Waals surface area (Å²) in [6.07, 6.45) is 0. The molecule has 3 aromatic heterocycles. The minimum absolute atomic E-state index is 0.0781. The maximum absolute atomic E-state index is 12.2. The number of hydrogen-bond donors (Lipinski definition) is 2. The number of aromatic amines is 1. The van der Waals surface area contributed by atoms with Gasteiger partial charge in [-0.15, -0.1) is 11.3 Å². The van der Waals surface area contributed by atoms with Crippen LogP contribution in [0.15, 0.2) is 32.8 Å². The van der Waals surface area contributed by atoms with E-state index in [9.17, 15) is 10.1 Å². The molecule has 2 N–H and O–H groups in total. The molecular formula is C14H9N3O2S. The molecule has 0 radical (unpaired) electrons. The minimum atomic E-state index is -0.316. The molecule has 0 amide bonds. The Labute approximate surface area is 117 Å². The molecule has 0 aliphatic heterocycles. The Hall–Kier alpha value is -2.65. The number of aromatic nitrogens is 1. The summed E-state index contributed by atoms with van der Waals surface area (Å²) in [6.45, 7) is 1.74. The van der Waals surface area contributed by atoms with E-state index in [0.29, 0.717) is 22.2 Å². The normalized spacial score (nSPS) is 10.6. The van der Waals surface area contributed by atoms with Crippen molar-refractivity contribution >= 4 is 22.3 Å². The standard InChI is InChI=1S/C14H9N3O2S/c1-7-5-9-12(14(18)17-7)11(10-3-2-4-20-10)8(6-15)13(16)19-9/h2-5,16H,1H3,(H,17,18). The van der Waals surface area contributed by atoms with Gasteiger partial charge in [0.15, 0.2) is 0 Å². The summed E-state index contributed by atoms with van der Waals surface area (Å²) < 4.78 is 5.31. The fourth-order valence-corrected chi connectivity index (χ4v) is 2.93. The van der Waals surface area contributed by atoms with Crippen LogP contribution in [0, 0.1) is 23.7 Å². The van der Waals surface area contributed by atoms with Crippen LogP contribution < -0.4 is 11.1 Å². The molecule has 0 bridgehead atoms. The molecule has 0 saturated heterocycles. The topological polar surface area (TPSA) is 93.6 Å². The van der Waals surface area contributed by atoms with Crippen molar-refractivity contribution in [2.75, 3.05) is 0 Å². The Morgan fingerprint density at radius 3 is 2.95 bits per heavy atom. The van der Waals surface area contributed by atoms with Crippen LogP contribution in [-0.2, 0) is 0 Å². The quantitative estimate of drug-likeness (QED) is 0.718. The van der Waals surface area contributed by atoms with E-state index in [1.54, 1.807) is 13.0 Å². The first kappa shape index (κ1) is 12.4. The number of fused-ring (bicyclic) bond motifs is 1. The lowest BCUT2D eigenvalue weighted by molar-refractivity contribution is 0.530. The van der Waals surface area contributed by atoms with Gasteiger partial charge in [-0.05, 0) is 18.4 Å². The van der Waals surface area contributed by atoms with Gasteiger partial charge in [0.05, 0.1) is 5.39 Å². The lowest BCUT2D eigenvalue weighted by Crippen LogP contribution is -2.14. The summed E-state index contributed by atoms with van der Waals surface area (Å²) >= 11 is 1.41. The van der Waals surface area contributed by atoms with E-state index >= 15 is 0 Å². The average Bonchev–Trinajstić information content (AvgIpc) is 2.90. The van der Waals surface area contributed by atoms with Gasteiger partial charge in [0.25, 0.3) is 5.56 Å². The maximum atomic E-state index is 12.2. The zero-order chi connectivity index (χ0) is 14.3. The first-order chi connectivity index (χ1) is 9.61. The number of nitrogens with one attached hydrogen (secondary N) is 2. The highest BCUT2D eigenvalue weighted by Crippen LogP contribution is 2.31. The molecular weight excluding hydrogens is 274 g/mol. The molecule has 0 atom stereocenters. The number of nitrogens with zero attached hydrogens (tertiary/aromatic N) is 1. The molecule has 3 rings (SSSR count). The number of pyridine rings is 1. The minimum Gasteiger partial charge on any atom is -0.437 e. The Bertz CT molecular complexity index is 959. The number of aryl methyl sites for hydroxylation is 1. The second kappa shape index (κ2) is 4.47.